The molecule has 1 aliphatic heterocycles. The first-order valence-corrected chi connectivity index (χ1v) is 9.05. The van der Waals surface area contributed by atoms with E-state index in [1.54, 1.807) is 30.5 Å². The summed E-state index contributed by atoms with van der Waals surface area (Å²) in [7, 11) is 0. The summed E-state index contributed by atoms with van der Waals surface area (Å²) in [5, 5.41) is 22.3. The minimum absolute atomic E-state index is 0.194. The van der Waals surface area contributed by atoms with Crippen molar-refractivity contribution in [2.24, 2.45) is 0 Å². The van der Waals surface area contributed by atoms with Crippen LogP contribution in [0, 0.1) is 11.3 Å². The van der Waals surface area contributed by atoms with Gasteiger partial charge in [-0.05, 0) is 62.3 Å². The van der Waals surface area contributed by atoms with Crippen LogP contribution in [0.5, 0.6) is 5.75 Å². The first-order chi connectivity index (χ1) is 12.8. The fraction of sp³-hybridized carbons (Fsp3) is 0.450. The van der Waals surface area contributed by atoms with Gasteiger partial charge in [0.1, 0.15) is 24.2 Å². The zero-order valence-electron chi connectivity index (χ0n) is 14.8. The van der Waals surface area contributed by atoms with E-state index in [4.69, 9.17) is 14.4 Å². The molecule has 1 aromatic heterocycles. The molecule has 2 atom stereocenters. The number of aliphatic hydroxyl groups is 1. The summed E-state index contributed by atoms with van der Waals surface area (Å²) in [5.74, 6) is 1.61. The number of benzene rings is 1. The lowest BCUT2D eigenvalue weighted by Crippen LogP contribution is -2.38. The lowest BCUT2D eigenvalue weighted by molar-refractivity contribution is 0.103. The molecule has 2 unspecified atom stereocenters. The smallest absolute Gasteiger partial charge is 0.122 e. The van der Waals surface area contributed by atoms with Crippen LogP contribution in [-0.2, 0) is 0 Å². The Hall–Kier alpha value is -2.33. The lowest BCUT2D eigenvalue weighted by atomic mass is 10.2. The maximum absolute atomic E-state index is 10.1. The first kappa shape index (κ1) is 18.5. The molecule has 138 valence electrons. The number of hydrogen-bond acceptors (Lipinski definition) is 6. The van der Waals surface area contributed by atoms with Crippen molar-refractivity contribution in [3.05, 3.63) is 54.0 Å². The van der Waals surface area contributed by atoms with Gasteiger partial charge in [0, 0.05) is 13.1 Å². The van der Waals surface area contributed by atoms with E-state index in [2.05, 4.69) is 16.3 Å². The monoisotopic (exact) mass is 355 g/mol. The third kappa shape index (κ3) is 5.09. The van der Waals surface area contributed by atoms with Gasteiger partial charge >= 0.3 is 0 Å². The number of nitrogens with one attached hydrogen (secondary N) is 1. The number of nitriles is 1. The number of aliphatic hydroxyl groups excluding tert-OH is 1. The van der Waals surface area contributed by atoms with Crippen molar-refractivity contribution < 1.29 is 14.3 Å². The molecule has 0 saturated carbocycles. The third-order valence-corrected chi connectivity index (χ3v) is 4.60. The van der Waals surface area contributed by atoms with Gasteiger partial charge in [0.05, 0.1) is 23.9 Å². The Morgan fingerprint density at radius 2 is 1.96 bits per heavy atom. The van der Waals surface area contributed by atoms with Crippen molar-refractivity contribution in [2.45, 2.75) is 25.0 Å². The summed E-state index contributed by atoms with van der Waals surface area (Å²) in [4.78, 5) is 2.42. The topological polar surface area (TPSA) is 81.7 Å². The molecular formula is C20H25N3O3. The van der Waals surface area contributed by atoms with Crippen LogP contribution in [0.4, 0.5) is 0 Å². The third-order valence-electron chi connectivity index (χ3n) is 4.60. The summed E-state index contributed by atoms with van der Waals surface area (Å²) < 4.78 is 11.2. The SMILES string of the molecule is N#Cc1ccc(OCC(O)CNCC(c2ccco2)N2CCCC2)cc1. The Labute approximate surface area is 154 Å². The minimum Gasteiger partial charge on any atom is -0.491 e. The first-order valence-electron chi connectivity index (χ1n) is 9.05. The summed E-state index contributed by atoms with van der Waals surface area (Å²) >= 11 is 0. The van der Waals surface area contributed by atoms with Crippen molar-refractivity contribution in [3.8, 4) is 11.8 Å². The van der Waals surface area contributed by atoms with Gasteiger partial charge in [-0.25, -0.2) is 0 Å². The highest BCUT2D eigenvalue weighted by molar-refractivity contribution is 5.34. The molecule has 6 nitrogen and oxygen atoms in total. The number of nitrogens with zero attached hydrogens (tertiary/aromatic N) is 2. The minimum atomic E-state index is -0.610. The van der Waals surface area contributed by atoms with Gasteiger partial charge in [0.15, 0.2) is 0 Å². The Morgan fingerprint density at radius 3 is 2.62 bits per heavy atom. The second-order valence-corrected chi connectivity index (χ2v) is 6.53. The maximum Gasteiger partial charge on any atom is 0.122 e. The molecule has 0 spiro atoms. The van der Waals surface area contributed by atoms with Gasteiger partial charge in [-0.2, -0.15) is 5.26 Å². The Balaban J connectivity index is 1.42. The summed E-state index contributed by atoms with van der Waals surface area (Å²) in [6, 6.07) is 13.1. The van der Waals surface area contributed by atoms with Crippen molar-refractivity contribution in [1.82, 2.24) is 10.2 Å². The Bertz CT molecular complexity index is 688. The van der Waals surface area contributed by atoms with Gasteiger partial charge in [0.25, 0.3) is 0 Å². The van der Waals surface area contributed by atoms with Crippen LogP contribution in [0.25, 0.3) is 0 Å². The standard InChI is InChI=1S/C20H25N3O3/c21-12-16-5-7-18(8-6-16)26-15-17(24)13-22-14-19(20-4-3-11-25-20)23-9-1-2-10-23/h3-8,11,17,19,22,24H,1-2,9-10,13-15H2. The van der Waals surface area contributed by atoms with E-state index < -0.39 is 6.10 Å². The largest absolute Gasteiger partial charge is 0.491 e. The van der Waals surface area contributed by atoms with Gasteiger partial charge < -0.3 is 19.6 Å². The van der Waals surface area contributed by atoms with E-state index in [1.165, 1.54) is 12.8 Å². The maximum atomic E-state index is 10.1. The number of furan rings is 1. The van der Waals surface area contributed by atoms with Gasteiger partial charge in [-0.3, -0.25) is 4.90 Å². The molecule has 2 aromatic rings. The zero-order chi connectivity index (χ0) is 18.2. The van der Waals surface area contributed by atoms with Crippen LogP contribution in [-0.4, -0.2) is 48.9 Å². The van der Waals surface area contributed by atoms with Crippen LogP contribution >= 0.6 is 0 Å². The highest BCUT2D eigenvalue weighted by Crippen LogP contribution is 2.24. The van der Waals surface area contributed by atoms with Crippen LogP contribution in [0.3, 0.4) is 0 Å². The molecule has 2 heterocycles. The number of likely N-dealkylation sites (tertiary alicyclic amines) is 1. The molecule has 2 N–H and O–H groups in total. The van der Waals surface area contributed by atoms with Gasteiger partial charge in [0.2, 0.25) is 0 Å². The Morgan fingerprint density at radius 1 is 1.19 bits per heavy atom. The van der Waals surface area contributed by atoms with Crippen LogP contribution in [0.2, 0.25) is 0 Å². The second kappa shape index (κ2) is 9.39. The molecule has 0 amide bonds. The summed E-state index contributed by atoms with van der Waals surface area (Å²) in [5.41, 5.74) is 0.588. The van der Waals surface area contributed by atoms with E-state index in [0.717, 1.165) is 25.4 Å². The highest BCUT2D eigenvalue weighted by Gasteiger charge is 2.25. The molecule has 26 heavy (non-hydrogen) atoms. The number of ether oxygens (including phenoxy) is 1. The molecule has 0 radical (unpaired) electrons. The molecule has 0 aliphatic carbocycles. The molecule has 3 rings (SSSR count). The number of rotatable bonds is 9. The lowest BCUT2D eigenvalue weighted by Gasteiger charge is -2.26. The predicted octanol–water partition coefficient (Wildman–Crippen LogP) is 2.32. The number of hydrogen-bond donors (Lipinski definition) is 2. The normalized spacial score (nSPS) is 16.9. The predicted molar refractivity (Wildman–Crippen MR) is 97.8 cm³/mol. The van der Waals surface area contributed by atoms with Crippen LogP contribution in [0.15, 0.2) is 47.1 Å². The van der Waals surface area contributed by atoms with E-state index in [9.17, 15) is 5.11 Å². The molecule has 0 bridgehead atoms. The van der Waals surface area contributed by atoms with Crippen molar-refractivity contribution in [2.75, 3.05) is 32.8 Å². The summed E-state index contributed by atoms with van der Waals surface area (Å²) in [6.07, 6.45) is 3.54. The van der Waals surface area contributed by atoms with Gasteiger partial charge in [-0.15, -0.1) is 0 Å². The molecule has 1 aromatic carbocycles. The fourth-order valence-electron chi connectivity index (χ4n) is 3.21. The van der Waals surface area contributed by atoms with E-state index in [0.29, 0.717) is 17.9 Å². The van der Waals surface area contributed by atoms with Crippen LogP contribution < -0.4 is 10.1 Å². The highest BCUT2D eigenvalue weighted by atomic mass is 16.5. The van der Waals surface area contributed by atoms with Gasteiger partial charge in [-0.1, -0.05) is 0 Å². The van der Waals surface area contributed by atoms with Crippen molar-refractivity contribution in [3.63, 3.8) is 0 Å². The molecular weight excluding hydrogens is 330 g/mol. The van der Waals surface area contributed by atoms with E-state index in [1.807, 2.05) is 12.1 Å². The molecule has 6 heteroatoms. The summed E-state index contributed by atoms with van der Waals surface area (Å²) in [6.45, 7) is 3.53. The second-order valence-electron chi connectivity index (χ2n) is 6.53. The van der Waals surface area contributed by atoms with Crippen molar-refractivity contribution in [1.29, 1.82) is 5.26 Å². The fourth-order valence-corrected chi connectivity index (χ4v) is 3.21. The van der Waals surface area contributed by atoms with Crippen LogP contribution in [0.1, 0.15) is 30.2 Å². The average Bonchev–Trinajstić information content (AvgIpc) is 3.38. The average molecular weight is 355 g/mol. The quantitative estimate of drug-likeness (QED) is 0.718. The van der Waals surface area contributed by atoms with Crippen molar-refractivity contribution >= 4 is 0 Å². The molecule has 1 aliphatic rings. The van der Waals surface area contributed by atoms with E-state index >= 15 is 0 Å². The zero-order valence-corrected chi connectivity index (χ0v) is 14.8. The molecule has 1 saturated heterocycles. The van der Waals surface area contributed by atoms with E-state index in [-0.39, 0.29) is 12.6 Å². The molecule has 1 fully saturated rings. The Kier molecular flexibility index (Phi) is 6.67.